The van der Waals surface area contributed by atoms with Crippen molar-refractivity contribution in [2.45, 2.75) is 31.7 Å². The molecule has 1 aromatic rings. The highest BCUT2D eigenvalue weighted by molar-refractivity contribution is 6.17. The standard InChI is InChI=1S/C13H18ClNO2/c1-2-12(16)6-7-15-13(17)11-5-3-4-10(8-11)9-14/h3-5,8,12,16H,2,6-7,9H2,1H3,(H,15,17). The first kappa shape index (κ1) is 14.0. The van der Waals surface area contributed by atoms with Crippen molar-refractivity contribution in [1.29, 1.82) is 0 Å². The van der Waals surface area contributed by atoms with E-state index in [9.17, 15) is 9.90 Å². The number of aliphatic hydroxyl groups is 1. The minimum absolute atomic E-state index is 0.125. The average Bonchev–Trinajstić information content (AvgIpc) is 2.38. The normalized spacial score (nSPS) is 12.2. The van der Waals surface area contributed by atoms with Crippen LogP contribution in [-0.2, 0) is 5.88 Å². The van der Waals surface area contributed by atoms with Crippen LogP contribution in [0.5, 0.6) is 0 Å². The van der Waals surface area contributed by atoms with Gasteiger partial charge in [-0.05, 0) is 30.5 Å². The van der Waals surface area contributed by atoms with Gasteiger partial charge in [0.15, 0.2) is 0 Å². The van der Waals surface area contributed by atoms with Crippen LogP contribution in [0.2, 0.25) is 0 Å². The molecule has 2 N–H and O–H groups in total. The van der Waals surface area contributed by atoms with E-state index in [0.717, 1.165) is 5.56 Å². The third-order valence-electron chi connectivity index (χ3n) is 2.58. The van der Waals surface area contributed by atoms with E-state index >= 15 is 0 Å². The molecule has 94 valence electrons. The largest absolute Gasteiger partial charge is 0.393 e. The van der Waals surface area contributed by atoms with Crippen LogP contribution in [0.1, 0.15) is 35.7 Å². The molecule has 1 aromatic carbocycles. The van der Waals surface area contributed by atoms with Gasteiger partial charge in [0, 0.05) is 18.0 Å². The van der Waals surface area contributed by atoms with Gasteiger partial charge in [0.2, 0.25) is 0 Å². The van der Waals surface area contributed by atoms with E-state index in [0.29, 0.717) is 30.8 Å². The number of rotatable bonds is 6. The molecule has 0 aliphatic heterocycles. The number of alkyl halides is 1. The Balaban J connectivity index is 2.46. The lowest BCUT2D eigenvalue weighted by Crippen LogP contribution is -2.27. The molecule has 0 aliphatic rings. The third-order valence-corrected chi connectivity index (χ3v) is 2.89. The van der Waals surface area contributed by atoms with Gasteiger partial charge >= 0.3 is 0 Å². The molecule has 0 radical (unpaired) electrons. The summed E-state index contributed by atoms with van der Waals surface area (Å²) in [6, 6.07) is 7.22. The quantitative estimate of drug-likeness (QED) is 0.767. The van der Waals surface area contributed by atoms with Crippen LogP contribution < -0.4 is 5.32 Å². The Morgan fingerprint density at radius 1 is 1.53 bits per heavy atom. The summed E-state index contributed by atoms with van der Waals surface area (Å²) >= 11 is 5.70. The van der Waals surface area contributed by atoms with Gasteiger partial charge in [-0.25, -0.2) is 0 Å². The summed E-state index contributed by atoms with van der Waals surface area (Å²) in [7, 11) is 0. The van der Waals surface area contributed by atoms with E-state index in [2.05, 4.69) is 5.32 Å². The molecule has 0 aliphatic carbocycles. The second-order valence-corrected chi connectivity index (χ2v) is 4.21. The topological polar surface area (TPSA) is 49.3 Å². The maximum Gasteiger partial charge on any atom is 0.251 e. The molecule has 1 amide bonds. The molecular formula is C13H18ClNO2. The number of carbonyl (C=O) groups excluding carboxylic acids is 1. The Morgan fingerprint density at radius 3 is 2.94 bits per heavy atom. The smallest absolute Gasteiger partial charge is 0.251 e. The number of amides is 1. The van der Waals surface area contributed by atoms with Crippen LogP contribution in [0.4, 0.5) is 0 Å². The molecule has 3 nitrogen and oxygen atoms in total. The summed E-state index contributed by atoms with van der Waals surface area (Å²) < 4.78 is 0. The van der Waals surface area contributed by atoms with Crippen molar-refractivity contribution in [1.82, 2.24) is 5.32 Å². The fraction of sp³-hybridized carbons (Fsp3) is 0.462. The molecule has 0 bridgehead atoms. The maximum absolute atomic E-state index is 11.7. The molecule has 0 spiro atoms. The van der Waals surface area contributed by atoms with Crippen LogP contribution in [0.25, 0.3) is 0 Å². The van der Waals surface area contributed by atoms with Crippen molar-refractivity contribution in [2.75, 3.05) is 6.54 Å². The van der Waals surface area contributed by atoms with E-state index in [-0.39, 0.29) is 12.0 Å². The maximum atomic E-state index is 11.7. The van der Waals surface area contributed by atoms with Crippen molar-refractivity contribution >= 4 is 17.5 Å². The fourth-order valence-corrected chi connectivity index (χ4v) is 1.62. The Labute approximate surface area is 107 Å². The van der Waals surface area contributed by atoms with E-state index in [1.54, 1.807) is 12.1 Å². The van der Waals surface area contributed by atoms with E-state index in [4.69, 9.17) is 11.6 Å². The molecule has 1 unspecified atom stereocenters. The van der Waals surface area contributed by atoms with Gasteiger partial charge in [-0.15, -0.1) is 11.6 Å². The van der Waals surface area contributed by atoms with Gasteiger partial charge in [0.05, 0.1) is 6.10 Å². The molecule has 0 saturated carbocycles. The van der Waals surface area contributed by atoms with E-state index in [1.165, 1.54) is 0 Å². The van der Waals surface area contributed by atoms with Crippen molar-refractivity contribution < 1.29 is 9.90 Å². The fourth-order valence-electron chi connectivity index (χ4n) is 1.45. The predicted octanol–water partition coefficient (Wildman–Crippen LogP) is 2.32. The first-order chi connectivity index (χ1) is 8.17. The van der Waals surface area contributed by atoms with Gasteiger partial charge in [-0.2, -0.15) is 0 Å². The minimum Gasteiger partial charge on any atom is -0.393 e. The van der Waals surface area contributed by atoms with Crippen LogP contribution in [-0.4, -0.2) is 23.7 Å². The highest BCUT2D eigenvalue weighted by Crippen LogP contribution is 2.07. The number of hydrogen-bond donors (Lipinski definition) is 2. The summed E-state index contributed by atoms with van der Waals surface area (Å²) in [5.74, 6) is 0.274. The first-order valence-electron chi connectivity index (χ1n) is 5.78. The van der Waals surface area contributed by atoms with Crippen LogP contribution in [0, 0.1) is 0 Å². The number of hydrogen-bond acceptors (Lipinski definition) is 2. The monoisotopic (exact) mass is 255 g/mol. The summed E-state index contributed by atoms with van der Waals surface area (Å²) in [5.41, 5.74) is 1.53. The van der Waals surface area contributed by atoms with Crippen molar-refractivity contribution in [2.24, 2.45) is 0 Å². The summed E-state index contributed by atoms with van der Waals surface area (Å²) in [6.45, 7) is 2.40. The summed E-state index contributed by atoms with van der Waals surface area (Å²) in [6.07, 6.45) is 0.944. The summed E-state index contributed by atoms with van der Waals surface area (Å²) in [5, 5.41) is 12.1. The molecular weight excluding hydrogens is 238 g/mol. The Morgan fingerprint density at radius 2 is 2.29 bits per heavy atom. The molecule has 4 heteroatoms. The Hall–Kier alpha value is -1.06. The zero-order valence-corrected chi connectivity index (χ0v) is 10.7. The Kier molecular flexibility index (Phi) is 6.01. The van der Waals surface area contributed by atoms with Crippen LogP contribution in [0.15, 0.2) is 24.3 Å². The molecule has 1 rings (SSSR count). The number of carbonyl (C=O) groups is 1. The lowest BCUT2D eigenvalue weighted by molar-refractivity contribution is 0.0942. The molecule has 0 fully saturated rings. The van der Waals surface area contributed by atoms with Crippen LogP contribution >= 0.6 is 11.6 Å². The van der Waals surface area contributed by atoms with Crippen molar-refractivity contribution in [3.63, 3.8) is 0 Å². The van der Waals surface area contributed by atoms with Gasteiger partial charge < -0.3 is 10.4 Å². The SMILES string of the molecule is CCC(O)CCNC(=O)c1cccc(CCl)c1. The zero-order valence-electron chi connectivity index (χ0n) is 9.95. The number of nitrogens with one attached hydrogen (secondary N) is 1. The third kappa shape index (κ3) is 4.75. The number of benzene rings is 1. The van der Waals surface area contributed by atoms with Crippen molar-refractivity contribution in [3.05, 3.63) is 35.4 Å². The lowest BCUT2D eigenvalue weighted by atomic mass is 10.1. The predicted molar refractivity (Wildman–Crippen MR) is 69.2 cm³/mol. The molecule has 17 heavy (non-hydrogen) atoms. The van der Waals surface area contributed by atoms with E-state index in [1.807, 2.05) is 19.1 Å². The summed E-state index contributed by atoms with van der Waals surface area (Å²) in [4.78, 5) is 11.7. The average molecular weight is 256 g/mol. The van der Waals surface area contributed by atoms with Gasteiger partial charge in [0.1, 0.15) is 0 Å². The Bertz CT molecular complexity index is 368. The first-order valence-corrected chi connectivity index (χ1v) is 6.32. The second-order valence-electron chi connectivity index (χ2n) is 3.94. The van der Waals surface area contributed by atoms with Gasteiger partial charge in [-0.3, -0.25) is 4.79 Å². The second kappa shape index (κ2) is 7.30. The zero-order chi connectivity index (χ0) is 12.7. The van der Waals surface area contributed by atoms with Crippen molar-refractivity contribution in [3.8, 4) is 0 Å². The highest BCUT2D eigenvalue weighted by atomic mass is 35.5. The van der Waals surface area contributed by atoms with Gasteiger partial charge in [0.25, 0.3) is 5.91 Å². The highest BCUT2D eigenvalue weighted by Gasteiger charge is 2.06. The molecule has 0 heterocycles. The van der Waals surface area contributed by atoms with E-state index < -0.39 is 0 Å². The minimum atomic E-state index is -0.343. The molecule has 0 saturated heterocycles. The number of halogens is 1. The molecule has 0 aromatic heterocycles. The lowest BCUT2D eigenvalue weighted by Gasteiger charge is -2.09. The van der Waals surface area contributed by atoms with Gasteiger partial charge in [-0.1, -0.05) is 19.1 Å². The number of aliphatic hydroxyl groups excluding tert-OH is 1. The molecule has 1 atom stereocenters. The van der Waals surface area contributed by atoms with Crippen LogP contribution in [0.3, 0.4) is 0 Å².